The number of nitrogens with zero attached hydrogens (tertiary/aromatic N) is 1. The van der Waals surface area contributed by atoms with E-state index >= 15 is 0 Å². The molecule has 1 amide bonds. The molecule has 0 aromatic rings. The van der Waals surface area contributed by atoms with E-state index in [0.29, 0.717) is 0 Å². The summed E-state index contributed by atoms with van der Waals surface area (Å²) in [6, 6.07) is 0. The Morgan fingerprint density at radius 3 is 2.93 bits per heavy atom. The van der Waals surface area contributed by atoms with E-state index in [1.54, 1.807) is 0 Å². The SMILES string of the molecule is CCCCCN1CCCC(C(N)=O)C1. The molecular weight excluding hydrogens is 176 g/mol. The van der Waals surface area contributed by atoms with Crippen molar-refractivity contribution in [3.8, 4) is 0 Å². The zero-order valence-corrected chi connectivity index (χ0v) is 9.17. The first-order valence-corrected chi connectivity index (χ1v) is 5.75. The maximum absolute atomic E-state index is 11.0. The van der Waals surface area contributed by atoms with E-state index in [-0.39, 0.29) is 11.8 Å². The lowest BCUT2D eigenvalue weighted by Crippen LogP contribution is -2.41. The van der Waals surface area contributed by atoms with Gasteiger partial charge in [-0.2, -0.15) is 0 Å². The van der Waals surface area contributed by atoms with Crippen LogP contribution >= 0.6 is 0 Å². The normalized spacial score (nSPS) is 23.6. The minimum Gasteiger partial charge on any atom is -0.369 e. The summed E-state index contributed by atoms with van der Waals surface area (Å²) in [5, 5.41) is 0. The molecule has 0 radical (unpaired) electrons. The number of unbranched alkanes of at least 4 members (excludes halogenated alkanes) is 2. The van der Waals surface area contributed by atoms with Gasteiger partial charge in [0.25, 0.3) is 0 Å². The molecule has 1 aliphatic rings. The lowest BCUT2D eigenvalue weighted by Gasteiger charge is -2.30. The largest absolute Gasteiger partial charge is 0.369 e. The molecule has 1 unspecified atom stereocenters. The van der Waals surface area contributed by atoms with E-state index in [9.17, 15) is 4.79 Å². The lowest BCUT2D eigenvalue weighted by molar-refractivity contribution is -0.123. The third kappa shape index (κ3) is 3.66. The Labute approximate surface area is 86.6 Å². The number of primary amides is 1. The van der Waals surface area contributed by atoms with Crippen LogP contribution in [0.4, 0.5) is 0 Å². The number of piperidine rings is 1. The van der Waals surface area contributed by atoms with Crippen LogP contribution in [0.25, 0.3) is 0 Å². The maximum Gasteiger partial charge on any atom is 0.221 e. The first-order chi connectivity index (χ1) is 6.74. The van der Waals surface area contributed by atoms with E-state index in [4.69, 9.17) is 5.73 Å². The van der Waals surface area contributed by atoms with Crippen molar-refractivity contribution in [2.45, 2.75) is 39.0 Å². The van der Waals surface area contributed by atoms with Crippen molar-refractivity contribution in [3.63, 3.8) is 0 Å². The molecule has 1 rings (SSSR count). The number of carbonyl (C=O) groups excluding carboxylic acids is 1. The molecule has 3 heteroatoms. The van der Waals surface area contributed by atoms with Gasteiger partial charge in [0.2, 0.25) is 5.91 Å². The Hall–Kier alpha value is -0.570. The standard InChI is InChI=1S/C11H22N2O/c1-2-3-4-7-13-8-5-6-10(9-13)11(12)14/h10H,2-9H2,1H3,(H2,12,14). The third-order valence-corrected chi connectivity index (χ3v) is 2.99. The summed E-state index contributed by atoms with van der Waals surface area (Å²) in [5.74, 6) is -0.0180. The number of hydrogen-bond acceptors (Lipinski definition) is 2. The number of carbonyl (C=O) groups is 1. The summed E-state index contributed by atoms with van der Waals surface area (Å²) >= 11 is 0. The molecule has 82 valence electrons. The molecule has 1 aliphatic heterocycles. The Bertz CT molecular complexity index is 182. The van der Waals surface area contributed by atoms with Gasteiger partial charge < -0.3 is 10.6 Å². The Morgan fingerprint density at radius 1 is 1.50 bits per heavy atom. The van der Waals surface area contributed by atoms with Gasteiger partial charge in [0, 0.05) is 6.54 Å². The summed E-state index contributed by atoms with van der Waals surface area (Å²) in [6.07, 6.45) is 5.91. The van der Waals surface area contributed by atoms with Crippen molar-refractivity contribution in [1.29, 1.82) is 0 Å². The summed E-state index contributed by atoms with van der Waals surface area (Å²) in [4.78, 5) is 13.4. The molecule has 1 fully saturated rings. The molecule has 0 spiro atoms. The third-order valence-electron chi connectivity index (χ3n) is 2.99. The van der Waals surface area contributed by atoms with Gasteiger partial charge >= 0.3 is 0 Å². The van der Waals surface area contributed by atoms with Crippen molar-refractivity contribution in [1.82, 2.24) is 4.90 Å². The van der Waals surface area contributed by atoms with Crippen LogP contribution in [0.3, 0.4) is 0 Å². The molecule has 0 aliphatic carbocycles. The quantitative estimate of drug-likeness (QED) is 0.678. The zero-order chi connectivity index (χ0) is 10.4. The summed E-state index contributed by atoms with van der Waals surface area (Å²) in [5.41, 5.74) is 5.32. The van der Waals surface area contributed by atoms with Crippen LogP contribution in [-0.4, -0.2) is 30.4 Å². The van der Waals surface area contributed by atoms with Crippen LogP contribution in [0.1, 0.15) is 39.0 Å². The topological polar surface area (TPSA) is 46.3 Å². The Morgan fingerprint density at radius 2 is 2.29 bits per heavy atom. The Balaban J connectivity index is 2.22. The molecule has 1 saturated heterocycles. The van der Waals surface area contributed by atoms with Gasteiger partial charge in [0.05, 0.1) is 5.92 Å². The highest BCUT2D eigenvalue weighted by Crippen LogP contribution is 2.16. The molecule has 0 saturated carbocycles. The second-order valence-electron chi connectivity index (χ2n) is 4.25. The fraction of sp³-hybridized carbons (Fsp3) is 0.909. The van der Waals surface area contributed by atoms with E-state index in [2.05, 4.69) is 11.8 Å². The first-order valence-electron chi connectivity index (χ1n) is 5.75. The van der Waals surface area contributed by atoms with E-state index in [0.717, 1.165) is 32.5 Å². The summed E-state index contributed by atoms with van der Waals surface area (Å²) in [6.45, 7) is 5.38. The average molecular weight is 198 g/mol. The average Bonchev–Trinajstić information content (AvgIpc) is 2.19. The smallest absolute Gasteiger partial charge is 0.221 e. The fourth-order valence-electron chi connectivity index (χ4n) is 2.08. The van der Waals surface area contributed by atoms with E-state index in [1.165, 1.54) is 19.3 Å². The summed E-state index contributed by atoms with van der Waals surface area (Å²) < 4.78 is 0. The van der Waals surface area contributed by atoms with Crippen LogP contribution < -0.4 is 5.73 Å². The van der Waals surface area contributed by atoms with Crippen molar-refractivity contribution in [2.75, 3.05) is 19.6 Å². The maximum atomic E-state index is 11.0. The molecule has 3 nitrogen and oxygen atoms in total. The van der Waals surface area contributed by atoms with Gasteiger partial charge in [-0.3, -0.25) is 4.79 Å². The van der Waals surface area contributed by atoms with Gasteiger partial charge in [0.1, 0.15) is 0 Å². The van der Waals surface area contributed by atoms with Gasteiger partial charge in [-0.05, 0) is 32.4 Å². The number of likely N-dealkylation sites (tertiary alicyclic amines) is 1. The van der Waals surface area contributed by atoms with Gasteiger partial charge in [-0.25, -0.2) is 0 Å². The number of rotatable bonds is 5. The van der Waals surface area contributed by atoms with Gasteiger partial charge in [-0.15, -0.1) is 0 Å². The zero-order valence-electron chi connectivity index (χ0n) is 9.17. The first kappa shape index (κ1) is 11.5. The minimum atomic E-state index is -0.120. The van der Waals surface area contributed by atoms with Crippen LogP contribution in [0.15, 0.2) is 0 Å². The fourth-order valence-corrected chi connectivity index (χ4v) is 2.08. The predicted octanol–water partition coefficient (Wildman–Crippen LogP) is 1.37. The second-order valence-corrected chi connectivity index (χ2v) is 4.25. The molecule has 0 aromatic carbocycles. The highest BCUT2D eigenvalue weighted by molar-refractivity contribution is 5.76. The van der Waals surface area contributed by atoms with Crippen molar-refractivity contribution >= 4 is 5.91 Å². The molecule has 1 atom stereocenters. The monoisotopic (exact) mass is 198 g/mol. The van der Waals surface area contributed by atoms with Crippen LogP contribution in [0, 0.1) is 5.92 Å². The van der Waals surface area contributed by atoms with Gasteiger partial charge in [0.15, 0.2) is 0 Å². The van der Waals surface area contributed by atoms with Crippen LogP contribution in [0.2, 0.25) is 0 Å². The van der Waals surface area contributed by atoms with Crippen LogP contribution in [-0.2, 0) is 4.79 Å². The van der Waals surface area contributed by atoms with Crippen molar-refractivity contribution < 1.29 is 4.79 Å². The predicted molar refractivity (Wildman–Crippen MR) is 57.9 cm³/mol. The number of hydrogen-bond donors (Lipinski definition) is 1. The highest BCUT2D eigenvalue weighted by Gasteiger charge is 2.23. The van der Waals surface area contributed by atoms with Crippen LogP contribution in [0.5, 0.6) is 0 Å². The molecule has 14 heavy (non-hydrogen) atoms. The molecular formula is C11H22N2O. The molecule has 0 aromatic heterocycles. The van der Waals surface area contributed by atoms with Gasteiger partial charge in [-0.1, -0.05) is 19.8 Å². The number of nitrogens with two attached hydrogens (primary N) is 1. The van der Waals surface area contributed by atoms with E-state index < -0.39 is 0 Å². The minimum absolute atomic E-state index is 0.102. The van der Waals surface area contributed by atoms with Crippen molar-refractivity contribution in [3.05, 3.63) is 0 Å². The molecule has 2 N–H and O–H groups in total. The lowest BCUT2D eigenvalue weighted by atomic mass is 9.97. The second kappa shape index (κ2) is 6.02. The molecule has 1 heterocycles. The van der Waals surface area contributed by atoms with E-state index in [1.807, 2.05) is 0 Å². The van der Waals surface area contributed by atoms with Crippen molar-refractivity contribution in [2.24, 2.45) is 11.7 Å². The highest BCUT2D eigenvalue weighted by atomic mass is 16.1. The number of amides is 1. The summed E-state index contributed by atoms with van der Waals surface area (Å²) in [7, 11) is 0. The molecule has 0 bridgehead atoms. The Kier molecular flexibility index (Phi) is 4.94.